The summed E-state index contributed by atoms with van der Waals surface area (Å²) in [6.07, 6.45) is 10.8. The standard InChI is InChI=1S/C16H19NO/c18-16(10-12-4-1-2-5-12)17-15-9-8-13-6-3-7-14(13)11-15/h1,4,8-9,11-12H,2-3,5-7,10H2,(H,17,18). The SMILES string of the molecule is O=C(CC1C=CCC1)Nc1ccc2c(c1)CCC2. The maximum atomic E-state index is 11.9. The Morgan fingerprint density at radius 1 is 1.28 bits per heavy atom. The second-order valence-electron chi connectivity index (χ2n) is 5.35. The van der Waals surface area contributed by atoms with Crippen molar-refractivity contribution in [2.45, 2.75) is 38.5 Å². The van der Waals surface area contributed by atoms with E-state index in [0.717, 1.165) is 24.9 Å². The molecule has 1 N–H and O–H groups in total. The first-order chi connectivity index (χ1) is 8.81. The zero-order valence-corrected chi connectivity index (χ0v) is 10.6. The number of anilines is 1. The fraction of sp³-hybridized carbons (Fsp3) is 0.438. The molecule has 0 saturated heterocycles. The minimum absolute atomic E-state index is 0.143. The monoisotopic (exact) mass is 241 g/mol. The van der Waals surface area contributed by atoms with Crippen LogP contribution in [0.2, 0.25) is 0 Å². The Hall–Kier alpha value is -1.57. The van der Waals surface area contributed by atoms with Gasteiger partial charge < -0.3 is 5.32 Å². The molecule has 0 radical (unpaired) electrons. The largest absolute Gasteiger partial charge is 0.326 e. The van der Waals surface area contributed by atoms with Crippen molar-refractivity contribution in [2.24, 2.45) is 5.92 Å². The molecular formula is C16H19NO. The fourth-order valence-corrected chi connectivity index (χ4v) is 2.97. The summed E-state index contributed by atoms with van der Waals surface area (Å²) >= 11 is 0. The lowest BCUT2D eigenvalue weighted by molar-refractivity contribution is -0.116. The Kier molecular flexibility index (Phi) is 3.18. The van der Waals surface area contributed by atoms with E-state index in [4.69, 9.17) is 0 Å². The van der Waals surface area contributed by atoms with E-state index in [1.807, 2.05) is 6.07 Å². The predicted octanol–water partition coefficient (Wildman–Crippen LogP) is 3.47. The van der Waals surface area contributed by atoms with Crippen molar-refractivity contribution in [3.63, 3.8) is 0 Å². The highest BCUT2D eigenvalue weighted by molar-refractivity contribution is 5.91. The van der Waals surface area contributed by atoms with Crippen LogP contribution in [0.4, 0.5) is 5.69 Å². The van der Waals surface area contributed by atoms with Gasteiger partial charge in [-0.2, -0.15) is 0 Å². The fourth-order valence-electron chi connectivity index (χ4n) is 2.97. The molecule has 1 amide bonds. The van der Waals surface area contributed by atoms with Gasteiger partial charge in [-0.25, -0.2) is 0 Å². The molecule has 0 aliphatic heterocycles. The maximum Gasteiger partial charge on any atom is 0.224 e. The summed E-state index contributed by atoms with van der Waals surface area (Å²) in [4.78, 5) is 11.9. The molecule has 2 heteroatoms. The Labute approximate surface area is 108 Å². The summed E-state index contributed by atoms with van der Waals surface area (Å²) < 4.78 is 0. The van der Waals surface area contributed by atoms with E-state index in [0.29, 0.717) is 12.3 Å². The van der Waals surface area contributed by atoms with Crippen LogP contribution in [-0.4, -0.2) is 5.91 Å². The lowest BCUT2D eigenvalue weighted by Crippen LogP contribution is -2.14. The van der Waals surface area contributed by atoms with Gasteiger partial charge in [-0.1, -0.05) is 18.2 Å². The quantitative estimate of drug-likeness (QED) is 0.807. The molecule has 3 rings (SSSR count). The van der Waals surface area contributed by atoms with Gasteiger partial charge in [-0.15, -0.1) is 0 Å². The number of hydrogen-bond acceptors (Lipinski definition) is 1. The van der Waals surface area contributed by atoms with Crippen LogP contribution in [-0.2, 0) is 17.6 Å². The Bertz CT molecular complexity index is 490. The van der Waals surface area contributed by atoms with E-state index in [1.54, 1.807) is 0 Å². The molecule has 0 bridgehead atoms. The smallest absolute Gasteiger partial charge is 0.224 e. The molecule has 2 nitrogen and oxygen atoms in total. The van der Waals surface area contributed by atoms with Crippen LogP contribution in [0, 0.1) is 5.92 Å². The molecule has 1 aromatic carbocycles. The summed E-state index contributed by atoms with van der Waals surface area (Å²) in [5.74, 6) is 0.587. The second kappa shape index (κ2) is 4.97. The highest BCUT2D eigenvalue weighted by Crippen LogP contribution is 2.25. The summed E-state index contributed by atoms with van der Waals surface area (Å²) in [7, 11) is 0. The van der Waals surface area contributed by atoms with Crippen LogP contribution in [0.25, 0.3) is 0 Å². The average molecular weight is 241 g/mol. The molecule has 2 aliphatic rings. The van der Waals surface area contributed by atoms with E-state index in [9.17, 15) is 4.79 Å². The lowest BCUT2D eigenvalue weighted by atomic mass is 10.0. The van der Waals surface area contributed by atoms with Gasteiger partial charge in [0.15, 0.2) is 0 Å². The minimum atomic E-state index is 0.143. The van der Waals surface area contributed by atoms with Gasteiger partial charge in [0, 0.05) is 12.1 Å². The number of allylic oxidation sites excluding steroid dienone is 2. The molecule has 1 atom stereocenters. The van der Waals surface area contributed by atoms with E-state index < -0.39 is 0 Å². The zero-order chi connectivity index (χ0) is 12.4. The Morgan fingerprint density at radius 3 is 3.00 bits per heavy atom. The lowest BCUT2D eigenvalue weighted by Gasteiger charge is -2.10. The van der Waals surface area contributed by atoms with Crippen LogP contribution in [0.5, 0.6) is 0 Å². The van der Waals surface area contributed by atoms with Crippen molar-refractivity contribution >= 4 is 11.6 Å². The molecule has 94 valence electrons. The average Bonchev–Trinajstić information content (AvgIpc) is 2.98. The maximum absolute atomic E-state index is 11.9. The molecule has 2 aliphatic carbocycles. The van der Waals surface area contributed by atoms with Gasteiger partial charge in [0.05, 0.1) is 0 Å². The van der Waals surface area contributed by atoms with E-state index in [-0.39, 0.29) is 5.91 Å². The van der Waals surface area contributed by atoms with Crippen molar-refractivity contribution in [3.05, 3.63) is 41.5 Å². The summed E-state index contributed by atoms with van der Waals surface area (Å²) in [6, 6.07) is 6.34. The van der Waals surface area contributed by atoms with Gasteiger partial charge >= 0.3 is 0 Å². The number of carbonyl (C=O) groups is 1. The molecule has 1 unspecified atom stereocenters. The van der Waals surface area contributed by atoms with Crippen LogP contribution in [0.1, 0.15) is 36.8 Å². The van der Waals surface area contributed by atoms with Crippen molar-refractivity contribution < 1.29 is 4.79 Å². The van der Waals surface area contributed by atoms with Crippen molar-refractivity contribution in [3.8, 4) is 0 Å². The highest BCUT2D eigenvalue weighted by atomic mass is 16.1. The third-order valence-corrected chi connectivity index (χ3v) is 3.94. The third-order valence-electron chi connectivity index (χ3n) is 3.94. The predicted molar refractivity (Wildman–Crippen MR) is 73.6 cm³/mol. The number of carbonyl (C=O) groups excluding carboxylic acids is 1. The number of fused-ring (bicyclic) bond motifs is 1. The second-order valence-corrected chi connectivity index (χ2v) is 5.35. The summed E-state index contributed by atoms with van der Waals surface area (Å²) in [6.45, 7) is 0. The third kappa shape index (κ3) is 2.47. The van der Waals surface area contributed by atoms with Crippen LogP contribution in [0.3, 0.4) is 0 Å². The van der Waals surface area contributed by atoms with Crippen molar-refractivity contribution in [1.82, 2.24) is 0 Å². The Balaban J connectivity index is 1.61. The molecule has 0 aromatic heterocycles. The number of benzene rings is 1. The molecule has 1 aromatic rings. The van der Waals surface area contributed by atoms with E-state index in [2.05, 4.69) is 29.6 Å². The number of amides is 1. The van der Waals surface area contributed by atoms with Crippen molar-refractivity contribution in [2.75, 3.05) is 5.32 Å². The minimum Gasteiger partial charge on any atom is -0.326 e. The topological polar surface area (TPSA) is 29.1 Å². The van der Waals surface area contributed by atoms with Gasteiger partial charge in [-0.05, 0) is 61.3 Å². The number of nitrogens with one attached hydrogen (secondary N) is 1. The van der Waals surface area contributed by atoms with Gasteiger partial charge in [-0.3, -0.25) is 4.79 Å². The summed E-state index contributed by atoms with van der Waals surface area (Å²) in [5, 5.41) is 3.03. The molecule has 18 heavy (non-hydrogen) atoms. The first-order valence-electron chi connectivity index (χ1n) is 6.89. The normalized spacial score (nSPS) is 21.0. The zero-order valence-electron chi connectivity index (χ0n) is 10.6. The van der Waals surface area contributed by atoms with Crippen LogP contribution in [0.15, 0.2) is 30.4 Å². The van der Waals surface area contributed by atoms with Crippen LogP contribution >= 0.6 is 0 Å². The first kappa shape index (κ1) is 11.5. The van der Waals surface area contributed by atoms with Gasteiger partial charge in [0.1, 0.15) is 0 Å². The molecule has 0 heterocycles. The number of aryl methyl sites for hydroxylation is 2. The number of rotatable bonds is 3. The van der Waals surface area contributed by atoms with E-state index >= 15 is 0 Å². The summed E-state index contributed by atoms with van der Waals surface area (Å²) in [5.41, 5.74) is 3.82. The van der Waals surface area contributed by atoms with E-state index in [1.165, 1.54) is 24.0 Å². The number of hydrogen-bond donors (Lipinski definition) is 1. The molecular weight excluding hydrogens is 222 g/mol. The van der Waals surface area contributed by atoms with Gasteiger partial charge in [0.25, 0.3) is 0 Å². The molecule has 0 fully saturated rings. The van der Waals surface area contributed by atoms with Crippen molar-refractivity contribution in [1.29, 1.82) is 0 Å². The highest BCUT2D eigenvalue weighted by Gasteiger charge is 2.15. The molecule has 0 spiro atoms. The first-order valence-corrected chi connectivity index (χ1v) is 6.89. The molecule has 0 saturated carbocycles. The Morgan fingerprint density at radius 2 is 2.17 bits per heavy atom. The van der Waals surface area contributed by atoms with Crippen LogP contribution < -0.4 is 5.32 Å². The van der Waals surface area contributed by atoms with Gasteiger partial charge in [0.2, 0.25) is 5.91 Å².